The maximum absolute atomic E-state index is 12.8. The number of amides is 1. The SMILES string of the molecule is CC(Sc1nc2c(cc1C#N)CCCCCC2)C(=O)Nc1nc(-c2ccc(Br)cc2)cs1. The van der Waals surface area contributed by atoms with Crippen molar-refractivity contribution in [3.8, 4) is 17.3 Å². The van der Waals surface area contributed by atoms with Crippen molar-refractivity contribution in [2.45, 2.75) is 55.7 Å². The number of aryl methyl sites for hydroxylation is 2. The first-order valence-electron chi connectivity index (χ1n) is 10.7. The van der Waals surface area contributed by atoms with Crippen molar-refractivity contribution < 1.29 is 4.79 Å². The second kappa shape index (κ2) is 10.6. The van der Waals surface area contributed by atoms with Crippen LogP contribution < -0.4 is 5.32 Å². The van der Waals surface area contributed by atoms with Crippen LogP contribution in [0.15, 0.2) is 45.2 Å². The van der Waals surface area contributed by atoms with Crippen molar-refractivity contribution in [1.82, 2.24) is 9.97 Å². The molecule has 5 nitrogen and oxygen atoms in total. The number of rotatable bonds is 5. The van der Waals surface area contributed by atoms with E-state index in [1.165, 1.54) is 41.5 Å². The number of halogens is 1. The fourth-order valence-electron chi connectivity index (χ4n) is 3.65. The molecule has 1 aliphatic rings. The lowest BCUT2D eigenvalue weighted by molar-refractivity contribution is -0.115. The summed E-state index contributed by atoms with van der Waals surface area (Å²) in [6, 6.07) is 12.2. The largest absolute Gasteiger partial charge is 0.301 e. The van der Waals surface area contributed by atoms with Crippen molar-refractivity contribution >= 4 is 50.1 Å². The fourth-order valence-corrected chi connectivity index (χ4v) is 5.53. The Balaban J connectivity index is 1.45. The predicted molar refractivity (Wildman–Crippen MR) is 134 cm³/mol. The third kappa shape index (κ3) is 5.58. The standard InChI is InChI=1S/C24H23BrN4OS2/c1-15(22(30)29-24-28-21(14-31-24)16-8-10-19(25)11-9-16)32-23-18(13-26)12-17-6-4-2-3-5-7-20(17)27-23/h8-12,14-15H,2-7H2,1H3,(H,28,29,30). The number of pyridine rings is 1. The van der Waals surface area contributed by atoms with Crippen molar-refractivity contribution in [2.24, 2.45) is 0 Å². The number of nitriles is 1. The highest BCUT2D eigenvalue weighted by molar-refractivity contribution is 9.10. The molecule has 1 unspecified atom stereocenters. The summed E-state index contributed by atoms with van der Waals surface area (Å²) in [4.78, 5) is 22.2. The third-order valence-corrected chi connectivity index (χ3v) is 7.81. The molecule has 1 atom stereocenters. The topological polar surface area (TPSA) is 78.7 Å². The van der Waals surface area contributed by atoms with Gasteiger partial charge in [0, 0.05) is 21.1 Å². The van der Waals surface area contributed by atoms with Crippen LogP contribution in [0.4, 0.5) is 5.13 Å². The van der Waals surface area contributed by atoms with Gasteiger partial charge in [0.15, 0.2) is 5.13 Å². The zero-order chi connectivity index (χ0) is 22.5. The molecule has 0 spiro atoms. The van der Waals surface area contributed by atoms with Gasteiger partial charge < -0.3 is 5.32 Å². The lowest BCUT2D eigenvalue weighted by atomic mass is 9.96. The molecular weight excluding hydrogens is 504 g/mol. The number of thiazole rings is 1. The molecule has 0 saturated carbocycles. The molecule has 1 aliphatic carbocycles. The molecule has 2 aromatic heterocycles. The molecule has 8 heteroatoms. The zero-order valence-corrected chi connectivity index (χ0v) is 20.9. The van der Waals surface area contributed by atoms with E-state index in [1.54, 1.807) is 0 Å². The van der Waals surface area contributed by atoms with Crippen LogP contribution in [0.3, 0.4) is 0 Å². The van der Waals surface area contributed by atoms with Crippen molar-refractivity contribution in [3.05, 3.63) is 57.0 Å². The Morgan fingerprint density at radius 1 is 1.19 bits per heavy atom. The summed E-state index contributed by atoms with van der Waals surface area (Å²) in [6.45, 7) is 1.84. The van der Waals surface area contributed by atoms with Gasteiger partial charge in [0.2, 0.25) is 5.91 Å². The van der Waals surface area contributed by atoms with E-state index in [-0.39, 0.29) is 5.91 Å². The molecule has 2 heterocycles. The molecule has 3 aromatic rings. The van der Waals surface area contributed by atoms with Crippen LogP contribution in [0.5, 0.6) is 0 Å². The Kier molecular flexibility index (Phi) is 7.61. The fraction of sp³-hybridized carbons (Fsp3) is 0.333. The van der Waals surface area contributed by atoms with E-state index in [1.807, 2.05) is 42.6 Å². The average Bonchev–Trinajstić information content (AvgIpc) is 3.23. The van der Waals surface area contributed by atoms with E-state index < -0.39 is 5.25 Å². The van der Waals surface area contributed by atoms with Gasteiger partial charge in [-0.3, -0.25) is 4.79 Å². The normalized spacial score (nSPS) is 14.5. The van der Waals surface area contributed by atoms with Crippen LogP contribution in [0.2, 0.25) is 0 Å². The summed E-state index contributed by atoms with van der Waals surface area (Å²) >= 11 is 6.17. The lowest BCUT2D eigenvalue weighted by Crippen LogP contribution is -2.22. The van der Waals surface area contributed by atoms with E-state index in [4.69, 9.17) is 4.98 Å². The minimum atomic E-state index is -0.402. The number of aromatic nitrogens is 2. The van der Waals surface area contributed by atoms with Crippen LogP contribution in [0.25, 0.3) is 11.3 Å². The molecule has 0 fully saturated rings. The Labute approximate surface area is 204 Å². The summed E-state index contributed by atoms with van der Waals surface area (Å²) < 4.78 is 1.01. The molecule has 1 N–H and O–H groups in total. The summed E-state index contributed by atoms with van der Waals surface area (Å²) in [7, 11) is 0. The Bertz CT molecular complexity index is 1150. The number of nitrogens with one attached hydrogen (secondary N) is 1. The molecule has 164 valence electrons. The Morgan fingerprint density at radius 2 is 1.94 bits per heavy atom. The third-order valence-electron chi connectivity index (χ3n) is 5.42. The summed E-state index contributed by atoms with van der Waals surface area (Å²) in [5.74, 6) is -0.149. The highest BCUT2D eigenvalue weighted by atomic mass is 79.9. The Hall–Kier alpha value is -2.21. The first-order valence-corrected chi connectivity index (χ1v) is 13.2. The van der Waals surface area contributed by atoms with Gasteiger partial charge in [-0.05, 0) is 56.4 Å². The molecule has 32 heavy (non-hydrogen) atoms. The van der Waals surface area contributed by atoms with E-state index in [0.29, 0.717) is 15.7 Å². The smallest absolute Gasteiger partial charge is 0.239 e. The summed E-state index contributed by atoms with van der Waals surface area (Å²) in [6.07, 6.45) is 6.63. The number of nitrogens with zero attached hydrogens (tertiary/aromatic N) is 3. The van der Waals surface area contributed by atoms with Gasteiger partial charge in [-0.2, -0.15) is 5.26 Å². The van der Waals surface area contributed by atoms with Crippen molar-refractivity contribution in [2.75, 3.05) is 5.32 Å². The molecule has 0 radical (unpaired) electrons. The average molecular weight is 528 g/mol. The number of carbonyl (C=O) groups excluding carboxylic acids is 1. The number of benzene rings is 1. The molecule has 1 amide bonds. The Morgan fingerprint density at radius 3 is 2.69 bits per heavy atom. The van der Waals surface area contributed by atoms with Gasteiger partial charge in [-0.25, -0.2) is 9.97 Å². The summed E-state index contributed by atoms with van der Waals surface area (Å²) in [5, 5.41) is 15.3. The highest BCUT2D eigenvalue weighted by Crippen LogP contribution is 2.31. The number of hydrogen-bond donors (Lipinski definition) is 1. The van der Waals surface area contributed by atoms with Gasteiger partial charge in [-0.1, -0.05) is 52.7 Å². The number of thioether (sulfide) groups is 1. The lowest BCUT2D eigenvalue weighted by Gasteiger charge is -2.16. The van der Waals surface area contributed by atoms with E-state index >= 15 is 0 Å². The molecule has 0 aliphatic heterocycles. The number of fused-ring (bicyclic) bond motifs is 1. The van der Waals surface area contributed by atoms with Crippen LogP contribution >= 0.6 is 39.0 Å². The summed E-state index contributed by atoms with van der Waals surface area (Å²) in [5.41, 5.74) is 4.65. The van der Waals surface area contributed by atoms with Crippen LogP contribution in [0, 0.1) is 11.3 Å². The minimum absolute atomic E-state index is 0.149. The monoisotopic (exact) mass is 526 g/mol. The van der Waals surface area contributed by atoms with E-state index in [9.17, 15) is 10.1 Å². The zero-order valence-electron chi connectivity index (χ0n) is 17.7. The van der Waals surface area contributed by atoms with Gasteiger partial charge in [0.05, 0.1) is 16.5 Å². The molecule has 0 bridgehead atoms. The first kappa shape index (κ1) is 23.0. The van der Waals surface area contributed by atoms with Gasteiger partial charge in [-0.15, -0.1) is 11.3 Å². The van der Waals surface area contributed by atoms with Gasteiger partial charge in [0.25, 0.3) is 0 Å². The maximum Gasteiger partial charge on any atom is 0.239 e. The second-order valence-electron chi connectivity index (χ2n) is 7.77. The quantitative estimate of drug-likeness (QED) is 0.378. The molecular formula is C24H23BrN4OS2. The van der Waals surface area contributed by atoms with Gasteiger partial charge >= 0.3 is 0 Å². The van der Waals surface area contributed by atoms with Crippen molar-refractivity contribution in [3.63, 3.8) is 0 Å². The number of carbonyl (C=O) groups is 1. The van der Waals surface area contributed by atoms with E-state index in [2.05, 4.69) is 32.3 Å². The van der Waals surface area contributed by atoms with Crippen molar-refractivity contribution in [1.29, 1.82) is 5.26 Å². The maximum atomic E-state index is 12.8. The highest BCUT2D eigenvalue weighted by Gasteiger charge is 2.21. The molecule has 0 saturated heterocycles. The van der Waals surface area contributed by atoms with E-state index in [0.717, 1.165) is 47.1 Å². The molecule has 1 aromatic carbocycles. The molecule has 4 rings (SSSR count). The van der Waals surface area contributed by atoms with Crippen LogP contribution in [-0.4, -0.2) is 21.1 Å². The predicted octanol–water partition coefficient (Wildman–Crippen LogP) is 6.62. The number of hydrogen-bond acceptors (Lipinski definition) is 6. The minimum Gasteiger partial charge on any atom is -0.301 e. The number of anilines is 1. The second-order valence-corrected chi connectivity index (χ2v) is 10.9. The first-order chi connectivity index (χ1) is 15.5. The van der Waals surface area contributed by atoms with Crippen LogP contribution in [-0.2, 0) is 17.6 Å². The van der Waals surface area contributed by atoms with Crippen LogP contribution in [0.1, 0.15) is 49.4 Å². The van der Waals surface area contributed by atoms with Gasteiger partial charge in [0.1, 0.15) is 11.1 Å².